The van der Waals surface area contributed by atoms with Crippen LogP contribution in [0.2, 0.25) is 0 Å². The van der Waals surface area contributed by atoms with E-state index in [0.717, 1.165) is 15.7 Å². The predicted octanol–water partition coefficient (Wildman–Crippen LogP) is 3.40. The van der Waals surface area contributed by atoms with Gasteiger partial charge in [0.25, 0.3) is 5.91 Å². The van der Waals surface area contributed by atoms with Crippen LogP contribution in [0.1, 0.15) is 10.4 Å². The van der Waals surface area contributed by atoms with Crippen molar-refractivity contribution in [3.05, 3.63) is 71.9 Å². The maximum atomic E-state index is 12.4. The highest BCUT2D eigenvalue weighted by atomic mass is 79.9. The van der Waals surface area contributed by atoms with Gasteiger partial charge in [0.2, 0.25) is 5.88 Å². The van der Waals surface area contributed by atoms with Crippen LogP contribution in [-0.4, -0.2) is 15.6 Å². The lowest BCUT2D eigenvalue weighted by Crippen LogP contribution is -2.22. The SMILES string of the molecule is Cc1cccc(-n2c(O)c(C3=c4cc(Br)ccc4=NC3=O)sc2=S)c1. The summed E-state index contributed by atoms with van der Waals surface area (Å²) in [5.74, 6) is -0.400. The third kappa shape index (κ3) is 2.68. The fourth-order valence-corrected chi connectivity index (χ4v) is 4.57. The van der Waals surface area contributed by atoms with Crippen molar-refractivity contribution in [3.63, 3.8) is 0 Å². The number of rotatable bonds is 2. The Bertz CT molecular complexity index is 1220. The molecule has 0 fully saturated rings. The standard InChI is InChI=1S/C18H11BrN2O2S2/c1-9-3-2-4-11(7-9)21-17(23)15(25-18(21)24)14-12-8-10(19)5-6-13(12)20-16(14)22/h2-8,23H,1H3. The van der Waals surface area contributed by atoms with E-state index in [2.05, 4.69) is 20.9 Å². The van der Waals surface area contributed by atoms with Crippen LogP contribution >= 0.6 is 39.5 Å². The second-order valence-corrected chi connectivity index (χ2v) is 8.21. The van der Waals surface area contributed by atoms with Crippen molar-refractivity contribution in [2.24, 2.45) is 4.99 Å². The number of hydrogen-bond acceptors (Lipinski definition) is 4. The highest BCUT2D eigenvalue weighted by Crippen LogP contribution is 2.35. The molecule has 4 rings (SSSR count). The van der Waals surface area contributed by atoms with Crippen molar-refractivity contribution < 1.29 is 9.90 Å². The van der Waals surface area contributed by atoms with E-state index in [-0.39, 0.29) is 11.8 Å². The number of aryl methyl sites for hydroxylation is 1. The third-order valence-electron chi connectivity index (χ3n) is 3.94. The van der Waals surface area contributed by atoms with Gasteiger partial charge < -0.3 is 5.11 Å². The van der Waals surface area contributed by atoms with Gasteiger partial charge in [-0.15, -0.1) is 11.3 Å². The quantitative estimate of drug-likeness (QED) is 0.633. The molecule has 1 aliphatic heterocycles. The van der Waals surface area contributed by atoms with Crippen LogP contribution in [0.3, 0.4) is 0 Å². The van der Waals surface area contributed by atoms with Gasteiger partial charge in [0.15, 0.2) is 3.95 Å². The van der Waals surface area contributed by atoms with Crippen LogP contribution in [0.4, 0.5) is 0 Å². The van der Waals surface area contributed by atoms with Crippen LogP contribution in [-0.2, 0) is 4.79 Å². The molecule has 1 amide bonds. The van der Waals surface area contributed by atoms with Crippen LogP contribution in [0.5, 0.6) is 5.88 Å². The van der Waals surface area contributed by atoms with Crippen molar-refractivity contribution in [2.45, 2.75) is 6.92 Å². The molecular weight excluding hydrogens is 420 g/mol. The van der Waals surface area contributed by atoms with Gasteiger partial charge in [-0.2, -0.15) is 0 Å². The van der Waals surface area contributed by atoms with E-state index in [1.807, 2.05) is 43.3 Å². The molecule has 7 heteroatoms. The minimum absolute atomic E-state index is 0.0352. The van der Waals surface area contributed by atoms with Crippen LogP contribution in [0.15, 0.2) is 51.9 Å². The summed E-state index contributed by atoms with van der Waals surface area (Å²) < 4.78 is 2.90. The normalized spacial score (nSPS) is 13.0. The van der Waals surface area contributed by atoms with Crippen molar-refractivity contribution in [1.29, 1.82) is 0 Å². The number of amides is 1. The summed E-state index contributed by atoms with van der Waals surface area (Å²) in [5, 5.41) is 12.1. The minimum Gasteiger partial charge on any atom is -0.493 e. The molecule has 0 saturated carbocycles. The number of benzene rings is 2. The van der Waals surface area contributed by atoms with E-state index in [0.29, 0.717) is 25.0 Å². The monoisotopic (exact) mass is 430 g/mol. The molecule has 1 aliphatic rings. The third-order valence-corrected chi connectivity index (χ3v) is 5.81. The zero-order chi connectivity index (χ0) is 17.7. The van der Waals surface area contributed by atoms with Gasteiger partial charge >= 0.3 is 0 Å². The molecule has 0 spiro atoms. The average molecular weight is 431 g/mol. The van der Waals surface area contributed by atoms with Gasteiger partial charge in [-0.25, -0.2) is 4.99 Å². The van der Waals surface area contributed by atoms with Crippen LogP contribution in [0.25, 0.3) is 11.3 Å². The van der Waals surface area contributed by atoms with Crippen molar-refractivity contribution in [1.82, 2.24) is 4.57 Å². The smallest absolute Gasteiger partial charge is 0.279 e. The van der Waals surface area contributed by atoms with Crippen molar-refractivity contribution in [3.8, 4) is 11.6 Å². The Morgan fingerprint density at radius 2 is 2.04 bits per heavy atom. The number of halogens is 1. The van der Waals surface area contributed by atoms with E-state index in [1.165, 1.54) is 11.3 Å². The number of fused-ring (bicyclic) bond motifs is 1. The Kier molecular flexibility index (Phi) is 3.94. The second kappa shape index (κ2) is 6.01. The van der Waals surface area contributed by atoms with E-state index in [4.69, 9.17) is 12.2 Å². The molecule has 0 radical (unpaired) electrons. The molecule has 3 aromatic rings. The molecule has 2 aromatic carbocycles. The molecule has 2 heterocycles. The highest BCUT2D eigenvalue weighted by Gasteiger charge is 2.25. The second-order valence-electron chi connectivity index (χ2n) is 5.65. The van der Waals surface area contributed by atoms with E-state index < -0.39 is 0 Å². The number of aromatic nitrogens is 1. The first-order valence-corrected chi connectivity index (χ1v) is 9.42. The Balaban J connectivity index is 2.02. The fourth-order valence-electron chi connectivity index (χ4n) is 2.83. The Hall–Kier alpha value is -2.09. The summed E-state index contributed by atoms with van der Waals surface area (Å²) in [4.78, 5) is 17.0. The lowest BCUT2D eigenvalue weighted by molar-refractivity contribution is -0.112. The molecule has 1 N–H and O–H groups in total. The van der Waals surface area contributed by atoms with Crippen molar-refractivity contribution in [2.75, 3.05) is 0 Å². The molecule has 0 saturated heterocycles. The van der Waals surface area contributed by atoms with Gasteiger partial charge in [-0.1, -0.05) is 28.1 Å². The largest absolute Gasteiger partial charge is 0.493 e. The van der Waals surface area contributed by atoms with Gasteiger partial charge in [-0.05, 0) is 55.0 Å². The van der Waals surface area contributed by atoms with E-state index in [9.17, 15) is 9.90 Å². The molecule has 1 aromatic heterocycles. The Labute approximate surface area is 160 Å². The van der Waals surface area contributed by atoms with Crippen LogP contribution in [0, 0.1) is 10.9 Å². The van der Waals surface area contributed by atoms with Gasteiger partial charge in [0.1, 0.15) is 4.88 Å². The summed E-state index contributed by atoms with van der Waals surface area (Å²) >= 11 is 10.1. The number of thiazole rings is 1. The highest BCUT2D eigenvalue weighted by molar-refractivity contribution is 9.10. The molecule has 0 bridgehead atoms. The number of aromatic hydroxyl groups is 1. The first kappa shape index (κ1) is 16.4. The summed E-state index contributed by atoms with van der Waals surface area (Å²) in [6, 6.07) is 13.1. The zero-order valence-electron chi connectivity index (χ0n) is 13.0. The molecule has 25 heavy (non-hydrogen) atoms. The Morgan fingerprint density at radius 3 is 2.80 bits per heavy atom. The maximum absolute atomic E-state index is 12.4. The molecule has 4 nitrogen and oxygen atoms in total. The number of carbonyl (C=O) groups is 1. The maximum Gasteiger partial charge on any atom is 0.279 e. The van der Waals surface area contributed by atoms with Gasteiger partial charge in [0.05, 0.1) is 16.6 Å². The average Bonchev–Trinajstić information content (AvgIpc) is 3.02. The molecule has 0 aliphatic carbocycles. The minimum atomic E-state index is -0.365. The molecule has 0 unspecified atom stereocenters. The summed E-state index contributed by atoms with van der Waals surface area (Å²) in [5.41, 5.74) is 2.21. The van der Waals surface area contributed by atoms with E-state index in [1.54, 1.807) is 10.6 Å². The lowest BCUT2D eigenvalue weighted by atomic mass is 10.1. The number of carbonyl (C=O) groups excluding carboxylic acids is 1. The molecular formula is C18H11BrN2O2S2. The summed E-state index contributed by atoms with van der Waals surface area (Å²) in [7, 11) is 0. The summed E-state index contributed by atoms with van der Waals surface area (Å²) in [6.07, 6.45) is 0. The number of nitrogens with zero attached hydrogens (tertiary/aromatic N) is 2. The first-order valence-electron chi connectivity index (χ1n) is 7.41. The van der Waals surface area contributed by atoms with Gasteiger partial charge in [-0.3, -0.25) is 9.36 Å². The van der Waals surface area contributed by atoms with Crippen LogP contribution < -0.4 is 10.6 Å². The lowest BCUT2D eigenvalue weighted by Gasteiger charge is -2.06. The first-order chi connectivity index (χ1) is 12.0. The Morgan fingerprint density at radius 1 is 1.24 bits per heavy atom. The van der Waals surface area contributed by atoms with E-state index >= 15 is 0 Å². The fraction of sp³-hybridized carbons (Fsp3) is 0.0556. The topological polar surface area (TPSA) is 54.6 Å². The predicted molar refractivity (Wildman–Crippen MR) is 103 cm³/mol. The number of hydrogen-bond donors (Lipinski definition) is 1. The zero-order valence-corrected chi connectivity index (χ0v) is 16.2. The van der Waals surface area contributed by atoms with Crippen molar-refractivity contribution >= 4 is 51.0 Å². The molecule has 124 valence electrons. The van der Waals surface area contributed by atoms with Gasteiger partial charge in [0, 0.05) is 9.69 Å². The summed E-state index contributed by atoms with van der Waals surface area (Å²) in [6.45, 7) is 1.97. The molecule has 0 atom stereocenters.